The van der Waals surface area contributed by atoms with Crippen LogP contribution in [0, 0.1) is 11.6 Å². The number of carbonyl (C=O) groups excluding carboxylic acids is 2. The molecule has 2 N–H and O–H groups in total. The lowest BCUT2D eigenvalue weighted by Crippen LogP contribution is -2.48. The summed E-state index contributed by atoms with van der Waals surface area (Å²) in [5.41, 5.74) is -1.35. The molecule has 16 heteroatoms. The molecule has 0 aliphatic carbocycles. The van der Waals surface area contributed by atoms with Gasteiger partial charge in [-0.1, -0.05) is 48.5 Å². The number of aliphatic hydroxyl groups is 2. The van der Waals surface area contributed by atoms with Gasteiger partial charge in [0.1, 0.15) is 22.8 Å². The molecule has 0 saturated carbocycles. The van der Waals surface area contributed by atoms with Crippen molar-refractivity contribution in [2.45, 2.75) is 88.0 Å². The Bertz CT molecular complexity index is 2050. The van der Waals surface area contributed by atoms with Crippen molar-refractivity contribution >= 4 is 12.2 Å². The maximum atomic E-state index is 13.3. The third-order valence-electron chi connectivity index (χ3n) is 11.1. The second-order valence-corrected chi connectivity index (χ2v) is 14.9. The van der Waals surface area contributed by atoms with Crippen LogP contribution in [0.4, 0.5) is 44.7 Å². The van der Waals surface area contributed by atoms with Crippen LogP contribution >= 0.6 is 0 Å². The highest BCUT2D eigenvalue weighted by Gasteiger charge is 2.45. The molecule has 0 bridgehead atoms. The van der Waals surface area contributed by atoms with Crippen molar-refractivity contribution in [3.63, 3.8) is 0 Å². The van der Waals surface area contributed by atoms with Crippen molar-refractivity contribution in [2.75, 3.05) is 26.3 Å². The fourth-order valence-corrected chi connectivity index (χ4v) is 7.61. The molecule has 60 heavy (non-hydrogen) atoms. The average molecular weight is 851 g/mol. The van der Waals surface area contributed by atoms with Gasteiger partial charge in [-0.05, 0) is 110 Å². The summed E-state index contributed by atoms with van der Waals surface area (Å²) >= 11 is 0. The van der Waals surface area contributed by atoms with Gasteiger partial charge in [-0.3, -0.25) is 0 Å². The Morgan fingerprint density at radius 2 is 1.02 bits per heavy atom. The van der Waals surface area contributed by atoms with Gasteiger partial charge in [0.05, 0.1) is 23.2 Å². The van der Waals surface area contributed by atoms with E-state index < -0.39 is 70.6 Å². The highest BCUT2D eigenvalue weighted by molar-refractivity contribution is 5.71. The molecule has 0 radical (unpaired) electrons. The Morgan fingerprint density at radius 3 is 1.40 bits per heavy atom. The third-order valence-corrected chi connectivity index (χ3v) is 11.1. The minimum absolute atomic E-state index is 0.0772. The van der Waals surface area contributed by atoms with Crippen LogP contribution in [0.3, 0.4) is 0 Å². The number of benzene rings is 4. The maximum absolute atomic E-state index is 13.3. The Labute approximate surface area is 342 Å². The molecule has 2 aliphatic heterocycles. The van der Waals surface area contributed by atoms with Crippen molar-refractivity contribution in [2.24, 2.45) is 0 Å². The first-order valence-electron chi connectivity index (χ1n) is 19.4. The summed E-state index contributed by atoms with van der Waals surface area (Å²) in [5.74, 6) is -0.825. The molecular formula is C44H46F8N2O6. The number of alkyl halides is 6. The zero-order chi connectivity index (χ0) is 43.9. The van der Waals surface area contributed by atoms with Crippen molar-refractivity contribution in [1.29, 1.82) is 0 Å². The van der Waals surface area contributed by atoms with Crippen LogP contribution in [-0.4, -0.2) is 58.5 Å². The SMILES string of the molecule is CC(c1ccc(C(F)(F)F)cc1)N1CCC(CCCO)(c2ccc(F)cc2)OC1=O.CC(c1cccc(C(F)(F)F)c1)N1CCC(CCCO)(c2ccc(F)cc2)OC1=O. The van der Waals surface area contributed by atoms with E-state index in [1.54, 1.807) is 44.2 Å². The van der Waals surface area contributed by atoms with Crippen LogP contribution in [0.5, 0.6) is 0 Å². The summed E-state index contributed by atoms with van der Waals surface area (Å²) in [4.78, 5) is 28.5. The standard InChI is InChI=1S/2C22H23F4NO3/c1-15(16-3-5-18(6-4-16)22(24,25)26)27-13-12-21(11-2-14-28,30-20(27)29)17-7-9-19(23)10-8-17;1-15(16-4-2-5-18(14-16)22(24,25)26)27-12-11-21(10-3-13-28,30-20(27)29)17-6-8-19(23)9-7-17/h3-10,15,28H,2,11-14H2,1H3;2,4-9,14-15,28H,3,10-13H2,1H3. The van der Waals surface area contributed by atoms with E-state index in [1.165, 1.54) is 52.3 Å². The summed E-state index contributed by atoms with van der Waals surface area (Å²) in [6.07, 6.45) is -7.86. The van der Waals surface area contributed by atoms with Crippen molar-refractivity contribution < 1.29 is 64.4 Å². The zero-order valence-electron chi connectivity index (χ0n) is 32.9. The van der Waals surface area contributed by atoms with E-state index in [9.17, 15) is 54.9 Å². The summed E-state index contributed by atoms with van der Waals surface area (Å²) in [7, 11) is 0. The summed E-state index contributed by atoms with van der Waals surface area (Å²) in [5, 5.41) is 18.5. The lowest BCUT2D eigenvalue weighted by molar-refractivity contribution is -0.138. The largest absolute Gasteiger partial charge is 0.438 e. The van der Waals surface area contributed by atoms with Crippen LogP contribution in [0.1, 0.15) is 97.8 Å². The molecule has 0 aromatic heterocycles. The van der Waals surface area contributed by atoms with Gasteiger partial charge in [-0.15, -0.1) is 0 Å². The summed E-state index contributed by atoms with van der Waals surface area (Å²) in [6.45, 7) is 3.76. The Balaban J connectivity index is 0.000000228. The fraction of sp³-hybridized carbons (Fsp3) is 0.409. The van der Waals surface area contributed by atoms with Gasteiger partial charge in [0.2, 0.25) is 0 Å². The fourth-order valence-electron chi connectivity index (χ4n) is 7.61. The maximum Gasteiger partial charge on any atom is 0.416 e. The number of hydrogen-bond acceptors (Lipinski definition) is 6. The lowest BCUT2D eigenvalue weighted by atomic mass is 9.84. The van der Waals surface area contributed by atoms with Gasteiger partial charge in [0.25, 0.3) is 0 Å². The average Bonchev–Trinajstić information content (AvgIpc) is 3.22. The molecule has 4 atom stereocenters. The van der Waals surface area contributed by atoms with Gasteiger partial charge >= 0.3 is 24.5 Å². The van der Waals surface area contributed by atoms with E-state index in [-0.39, 0.29) is 19.8 Å². The van der Waals surface area contributed by atoms with Crippen LogP contribution < -0.4 is 0 Å². The number of ether oxygens (including phenoxy) is 2. The number of carbonyl (C=O) groups is 2. The number of nitrogens with zero attached hydrogens (tertiary/aromatic N) is 2. The van der Waals surface area contributed by atoms with Gasteiger partial charge in [-0.2, -0.15) is 26.3 Å². The molecule has 4 aromatic rings. The van der Waals surface area contributed by atoms with E-state index in [2.05, 4.69) is 0 Å². The van der Waals surface area contributed by atoms with Crippen LogP contribution in [0.2, 0.25) is 0 Å². The second kappa shape index (κ2) is 19.0. The van der Waals surface area contributed by atoms with Gasteiger partial charge < -0.3 is 29.5 Å². The van der Waals surface area contributed by atoms with Gasteiger partial charge in [-0.25, -0.2) is 18.4 Å². The monoisotopic (exact) mass is 850 g/mol. The molecular weight excluding hydrogens is 804 g/mol. The molecule has 324 valence electrons. The van der Waals surface area contributed by atoms with E-state index in [0.717, 1.165) is 24.3 Å². The number of amides is 2. The number of rotatable bonds is 12. The van der Waals surface area contributed by atoms with E-state index in [4.69, 9.17) is 9.47 Å². The number of halogens is 8. The van der Waals surface area contributed by atoms with Gasteiger partial charge in [0.15, 0.2) is 0 Å². The molecule has 0 spiro atoms. The Kier molecular flexibility index (Phi) is 14.5. The normalized spacial score (nSPS) is 20.7. The molecule has 2 fully saturated rings. The van der Waals surface area contributed by atoms with Crippen LogP contribution in [0.25, 0.3) is 0 Å². The first-order chi connectivity index (χ1) is 28.3. The number of hydrogen-bond donors (Lipinski definition) is 2. The predicted octanol–water partition coefficient (Wildman–Crippen LogP) is 10.8. The minimum atomic E-state index is -4.47. The molecule has 4 aromatic carbocycles. The Hall–Kier alpha value is -5.22. The van der Waals surface area contributed by atoms with Crippen molar-refractivity contribution in [1.82, 2.24) is 9.80 Å². The smallest absolute Gasteiger partial charge is 0.416 e. The van der Waals surface area contributed by atoms with Crippen LogP contribution in [0.15, 0.2) is 97.1 Å². The Morgan fingerprint density at radius 1 is 0.600 bits per heavy atom. The molecule has 2 amide bonds. The predicted molar refractivity (Wildman–Crippen MR) is 204 cm³/mol. The first-order valence-corrected chi connectivity index (χ1v) is 19.4. The molecule has 2 saturated heterocycles. The van der Waals surface area contributed by atoms with Gasteiger partial charge in [0, 0.05) is 39.1 Å². The second-order valence-electron chi connectivity index (χ2n) is 14.9. The topological polar surface area (TPSA) is 99.5 Å². The van der Waals surface area contributed by atoms with Crippen LogP contribution in [-0.2, 0) is 33.0 Å². The van der Waals surface area contributed by atoms with Crippen molar-refractivity contribution in [3.05, 3.63) is 142 Å². The first kappa shape index (κ1) is 45.9. The minimum Gasteiger partial charge on any atom is -0.438 e. The van der Waals surface area contributed by atoms with Crippen molar-refractivity contribution in [3.8, 4) is 0 Å². The summed E-state index contributed by atoms with van der Waals surface area (Å²) in [6, 6.07) is 19.8. The molecule has 4 unspecified atom stereocenters. The third kappa shape index (κ3) is 10.7. The number of cyclic esters (lactones) is 2. The molecule has 8 nitrogen and oxygen atoms in total. The summed E-state index contributed by atoms with van der Waals surface area (Å²) < 4.78 is 116. The molecule has 2 heterocycles. The highest BCUT2D eigenvalue weighted by Crippen LogP contribution is 2.43. The van der Waals surface area contributed by atoms with E-state index in [0.29, 0.717) is 67.3 Å². The lowest BCUT2D eigenvalue weighted by Gasteiger charge is -2.43. The van der Waals surface area contributed by atoms with E-state index in [1.807, 2.05) is 0 Å². The molecule has 2 aliphatic rings. The molecule has 6 rings (SSSR count). The number of aliphatic hydroxyl groups excluding tert-OH is 2. The zero-order valence-corrected chi connectivity index (χ0v) is 32.9. The highest BCUT2D eigenvalue weighted by atomic mass is 19.4. The quantitative estimate of drug-likeness (QED) is 0.138. The van der Waals surface area contributed by atoms with E-state index >= 15 is 0 Å².